The summed E-state index contributed by atoms with van der Waals surface area (Å²) in [6.45, 7) is 10.7. The summed E-state index contributed by atoms with van der Waals surface area (Å²) in [6, 6.07) is 0.811. The van der Waals surface area contributed by atoms with Gasteiger partial charge in [0, 0.05) is 17.9 Å². The van der Waals surface area contributed by atoms with Gasteiger partial charge in [-0.3, -0.25) is 0 Å². The first-order valence-electron chi connectivity index (χ1n) is 6.52. The standard InChI is InChI=1S/C14H28BrN/c1-13(2)8-6-12(7-9-13)16(5)11-14(3,4)10-15/h12H,6-11H2,1-5H3. The molecule has 0 amide bonds. The van der Waals surface area contributed by atoms with Crippen LogP contribution in [0.1, 0.15) is 53.4 Å². The van der Waals surface area contributed by atoms with E-state index in [0.717, 1.165) is 11.4 Å². The number of halogens is 1. The molecule has 0 aromatic carbocycles. The van der Waals surface area contributed by atoms with Crippen LogP contribution in [0.4, 0.5) is 0 Å². The van der Waals surface area contributed by atoms with Crippen LogP contribution in [-0.2, 0) is 0 Å². The molecule has 0 radical (unpaired) electrons. The van der Waals surface area contributed by atoms with Crippen molar-refractivity contribution in [3.63, 3.8) is 0 Å². The average molecular weight is 290 g/mol. The van der Waals surface area contributed by atoms with Gasteiger partial charge in [-0.25, -0.2) is 0 Å². The molecule has 0 N–H and O–H groups in total. The van der Waals surface area contributed by atoms with Crippen molar-refractivity contribution in [2.45, 2.75) is 59.4 Å². The van der Waals surface area contributed by atoms with Crippen LogP contribution in [0.25, 0.3) is 0 Å². The van der Waals surface area contributed by atoms with E-state index >= 15 is 0 Å². The lowest BCUT2D eigenvalue weighted by Gasteiger charge is -2.41. The molecule has 0 atom stereocenters. The number of hydrogen-bond donors (Lipinski definition) is 0. The summed E-state index contributed by atoms with van der Waals surface area (Å²) in [7, 11) is 2.30. The minimum atomic E-state index is 0.391. The van der Waals surface area contributed by atoms with Crippen molar-refractivity contribution in [2.24, 2.45) is 10.8 Å². The fraction of sp³-hybridized carbons (Fsp3) is 1.00. The summed E-state index contributed by atoms with van der Waals surface area (Å²) in [5.41, 5.74) is 0.976. The second kappa shape index (κ2) is 5.39. The summed E-state index contributed by atoms with van der Waals surface area (Å²) in [5.74, 6) is 0. The predicted octanol–water partition coefficient (Wildman–Crippen LogP) is 4.31. The zero-order valence-corrected chi connectivity index (χ0v) is 13.2. The van der Waals surface area contributed by atoms with Crippen LogP contribution in [0.3, 0.4) is 0 Å². The van der Waals surface area contributed by atoms with Crippen molar-refractivity contribution < 1.29 is 0 Å². The smallest absolute Gasteiger partial charge is 0.00949 e. The molecule has 16 heavy (non-hydrogen) atoms. The van der Waals surface area contributed by atoms with E-state index in [0.29, 0.717) is 10.8 Å². The molecule has 1 rings (SSSR count). The molecule has 0 aliphatic heterocycles. The zero-order chi connectivity index (χ0) is 12.4. The molecule has 0 bridgehead atoms. The first-order valence-corrected chi connectivity index (χ1v) is 7.64. The van der Waals surface area contributed by atoms with Crippen molar-refractivity contribution in [3.8, 4) is 0 Å². The van der Waals surface area contributed by atoms with Crippen LogP contribution in [-0.4, -0.2) is 29.9 Å². The lowest BCUT2D eigenvalue weighted by Crippen LogP contribution is -2.42. The Hall–Kier alpha value is 0.440. The second-order valence-electron chi connectivity index (χ2n) is 7.11. The first kappa shape index (κ1) is 14.5. The topological polar surface area (TPSA) is 3.24 Å². The first-order chi connectivity index (χ1) is 7.26. The number of hydrogen-bond acceptors (Lipinski definition) is 1. The van der Waals surface area contributed by atoms with Gasteiger partial charge in [0.05, 0.1) is 0 Å². The summed E-state index contributed by atoms with van der Waals surface area (Å²) in [4.78, 5) is 2.58. The summed E-state index contributed by atoms with van der Waals surface area (Å²) in [5, 5.41) is 1.09. The van der Waals surface area contributed by atoms with Gasteiger partial charge in [-0.1, -0.05) is 43.6 Å². The molecule has 0 aromatic heterocycles. The molecule has 1 nitrogen and oxygen atoms in total. The van der Waals surface area contributed by atoms with E-state index in [1.165, 1.54) is 32.2 Å². The Kier molecular flexibility index (Phi) is 4.88. The SMILES string of the molecule is CN(CC(C)(C)CBr)C1CCC(C)(C)CC1. The van der Waals surface area contributed by atoms with Crippen LogP contribution in [0.2, 0.25) is 0 Å². The Bertz CT molecular complexity index is 213. The molecule has 2 heteroatoms. The fourth-order valence-electron chi connectivity index (χ4n) is 2.67. The number of nitrogens with zero attached hydrogens (tertiary/aromatic N) is 1. The molecule has 1 aliphatic carbocycles. The molecule has 0 saturated heterocycles. The molecule has 1 aliphatic rings. The van der Waals surface area contributed by atoms with Gasteiger partial charge in [0.1, 0.15) is 0 Å². The van der Waals surface area contributed by atoms with E-state index in [9.17, 15) is 0 Å². The molecule has 0 spiro atoms. The monoisotopic (exact) mass is 289 g/mol. The summed E-state index contributed by atoms with van der Waals surface area (Å²) < 4.78 is 0. The average Bonchev–Trinajstić information content (AvgIpc) is 2.16. The van der Waals surface area contributed by atoms with Crippen molar-refractivity contribution in [1.29, 1.82) is 0 Å². The fourth-order valence-corrected chi connectivity index (χ4v) is 2.85. The Labute approximate surface area is 110 Å². The Morgan fingerprint density at radius 3 is 2.19 bits per heavy atom. The molecule has 1 saturated carbocycles. The molecule has 0 heterocycles. The predicted molar refractivity (Wildman–Crippen MR) is 76.2 cm³/mol. The highest BCUT2D eigenvalue weighted by atomic mass is 79.9. The second-order valence-corrected chi connectivity index (χ2v) is 7.67. The molecule has 0 unspecified atom stereocenters. The van der Waals surface area contributed by atoms with E-state index in [1.54, 1.807) is 0 Å². The normalized spacial score (nSPS) is 22.7. The minimum Gasteiger partial charge on any atom is -0.303 e. The van der Waals surface area contributed by atoms with Gasteiger partial charge in [0.15, 0.2) is 0 Å². The Balaban J connectivity index is 2.42. The van der Waals surface area contributed by atoms with Gasteiger partial charge in [0.2, 0.25) is 0 Å². The lowest BCUT2D eigenvalue weighted by molar-refractivity contribution is 0.102. The zero-order valence-electron chi connectivity index (χ0n) is 11.6. The molecular formula is C14H28BrN. The van der Waals surface area contributed by atoms with Crippen molar-refractivity contribution in [1.82, 2.24) is 4.90 Å². The van der Waals surface area contributed by atoms with Crippen LogP contribution in [0, 0.1) is 10.8 Å². The van der Waals surface area contributed by atoms with Crippen LogP contribution in [0.15, 0.2) is 0 Å². The van der Waals surface area contributed by atoms with Crippen LogP contribution in [0.5, 0.6) is 0 Å². The van der Waals surface area contributed by atoms with Crippen molar-refractivity contribution in [2.75, 3.05) is 18.9 Å². The van der Waals surface area contributed by atoms with Crippen molar-refractivity contribution >= 4 is 15.9 Å². The van der Waals surface area contributed by atoms with Gasteiger partial charge in [-0.2, -0.15) is 0 Å². The van der Waals surface area contributed by atoms with Gasteiger partial charge in [-0.15, -0.1) is 0 Å². The maximum atomic E-state index is 3.61. The third-order valence-corrected chi connectivity index (χ3v) is 5.49. The minimum absolute atomic E-state index is 0.391. The maximum Gasteiger partial charge on any atom is 0.00949 e. The lowest BCUT2D eigenvalue weighted by atomic mass is 9.75. The highest BCUT2D eigenvalue weighted by molar-refractivity contribution is 9.09. The van der Waals surface area contributed by atoms with E-state index in [-0.39, 0.29) is 0 Å². The Morgan fingerprint density at radius 2 is 1.75 bits per heavy atom. The maximum absolute atomic E-state index is 3.61. The largest absolute Gasteiger partial charge is 0.303 e. The molecule has 0 aromatic rings. The molecular weight excluding hydrogens is 262 g/mol. The highest BCUT2D eigenvalue weighted by Gasteiger charge is 2.30. The molecule has 1 fully saturated rings. The van der Waals surface area contributed by atoms with Gasteiger partial charge >= 0.3 is 0 Å². The van der Waals surface area contributed by atoms with Gasteiger partial charge in [-0.05, 0) is 43.6 Å². The van der Waals surface area contributed by atoms with Crippen LogP contribution >= 0.6 is 15.9 Å². The number of rotatable bonds is 4. The van der Waals surface area contributed by atoms with Gasteiger partial charge < -0.3 is 4.90 Å². The van der Waals surface area contributed by atoms with E-state index < -0.39 is 0 Å². The van der Waals surface area contributed by atoms with Gasteiger partial charge in [0.25, 0.3) is 0 Å². The van der Waals surface area contributed by atoms with E-state index in [4.69, 9.17) is 0 Å². The van der Waals surface area contributed by atoms with Crippen molar-refractivity contribution in [3.05, 3.63) is 0 Å². The van der Waals surface area contributed by atoms with Crippen LogP contribution < -0.4 is 0 Å². The van der Waals surface area contributed by atoms with E-state index in [2.05, 4.69) is 55.6 Å². The number of alkyl halides is 1. The Morgan fingerprint density at radius 1 is 1.25 bits per heavy atom. The molecule has 96 valence electrons. The highest BCUT2D eigenvalue weighted by Crippen LogP contribution is 2.37. The van der Waals surface area contributed by atoms with E-state index in [1.807, 2.05) is 0 Å². The summed E-state index contributed by atoms with van der Waals surface area (Å²) in [6.07, 6.45) is 5.53. The third-order valence-electron chi connectivity index (χ3n) is 3.97. The summed E-state index contributed by atoms with van der Waals surface area (Å²) >= 11 is 3.61. The third kappa shape index (κ3) is 4.37. The quantitative estimate of drug-likeness (QED) is 0.697.